The molecule has 1 aromatic rings. The number of carbonyl (C=O) groups excluding carboxylic acids is 1. The van der Waals surface area contributed by atoms with E-state index in [1.807, 2.05) is 6.07 Å². The highest BCUT2D eigenvalue weighted by Gasteiger charge is 2.52. The molecule has 1 heterocycles. The van der Waals surface area contributed by atoms with Gasteiger partial charge in [-0.25, -0.2) is 4.98 Å². The summed E-state index contributed by atoms with van der Waals surface area (Å²) in [6.07, 6.45) is 7.95. The van der Waals surface area contributed by atoms with Gasteiger partial charge in [0.05, 0.1) is 11.3 Å². The molecule has 0 radical (unpaired) electrons. The van der Waals surface area contributed by atoms with Gasteiger partial charge in [0.1, 0.15) is 11.1 Å². The monoisotopic (exact) mass is 327 g/mol. The smallest absolute Gasteiger partial charge is 0.227 e. The van der Waals surface area contributed by atoms with Crippen molar-refractivity contribution in [2.45, 2.75) is 49.0 Å². The molecule has 4 fully saturated rings. The van der Waals surface area contributed by atoms with E-state index in [1.54, 1.807) is 0 Å². The third-order valence-electron chi connectivity index (χ3n) is 5.91. The average Bonchev–Trinajstić information content (AvgIpc) is 2.51. The molecule has 23 heavy (non-hydrogen) atoms. The number of hydrogen-bond donors (Lipinski definition) is 1. The SMILES string of the molecule is N#Cc1ccc(C23CC4CC(CC(C4)C2)C3)nc1SCC(N)=O. The molecular weight excluding hydrogens is 306 g/mol. The van der Waals surface area contributed by atoms with Crippen LogP contribution in [-0.2, 0) is 10.2 Å². The van der Waals surface area contributed by atoms with E-state index >= 15 is 0 Å². The molecule has 0 spiro atoms. The lowest BCUT2D eigenvalue weighted by Crippen LogP contribution is -2.49. The molecule has 1 amide bonds. The largest absolute Gasteiger partial charge is 0.369 e. The number of nitrogens with zero attached hydrogens (tertiary/aromatic N) is 2. The summed E-state index contributed by atoms with van der Waals surface area (Å²) in [6.45, 7) is 0. The van der Waals surface area contributed by atoms with Crippen LogP contribution in [0.15, 0.2) is 17.2 Å². The first-order valence-corrected chi connectivity index (χ1v) is 9.39. The van der Waals surface area contributed by atoms with E-state index in [0.29, 0.717) is 10.6 Å². The lowest BCUT2D eigenvalue weighted by atomic mass is 9.49. The Morgan fingerprint density at radius 2 is 1.87 bits per heavy atom. The fraction of sp³-hybridized carbons (Fsp3) is 0.611. The number of nitrogens with two attached hydrogens (primary N) is 1. The zero-order valence-electron chi connectivity index (χ0n) is 13.1. The van der Waals surface area contributed by atoms with Crippen LogP contribution in [0.25, 0.3) is 0 Å². The van der Waals surface area contributed by atoms with Crippen LogP contribution in [0.4, 0.5) is 0 Å². The third kappa shape index (κ3) is 2.63. The van der Waals surface area contributed by atoms with Crippen molar-refractivity contribution in [1.82, 2.24) is 4.98 Å². The topological polar surface area (TPSA) is 79.8 Å². The van der Waals surface area contributed by atoms with Gasteiger partial charge in [-0.1, -0.05) is 11.8 Å². The van der Waals surface area contributed by atoms with Gasteiger partial charge in [-0.3, -0.25) is 4.79 Å². The summed E-state index contributed by atoms with van der Waals surface area (Å²) in [7, 11) is 0. The molecule has 0 aliphatic heterocycles. The first-order chi connectivity index (χ1) is 11.1. The van der Waals surface area contributed by atoms with Gasteiger partial charge in [-0.2, -0.15) is 5.26 Å². The molecule has 0 saturated heterocycles. The van der Waals surface area contributed by atoms with Gasteiger partial charge >= 0.3 is 0 Å². The molecule has 0 unspecified atom stereocenters. The number of aromatic nitrogens is 1. The maximum Gasteiger partial charge on any atom is 0.227 e. The summed E-state index contributed by atoms with van der Waals surface area (Å²) in [5.41, 5.74) is 7.15. The Bertz CT molecular complexity index is 659. The second-order valence-electron chi connectivity index (χ2n) is 7.61. The normalized spacial score (nSPS) is 34.3. The maximum atomic E-state index is 11.1. The molecule has 5 heteroatoms. The molecule has 120 valence electrons. The lowest BCUT2D eigenvalue weighted by molar-refractivity contribution is -0.115. The predicted molar refractivity (Wildman–Crippen MR) is 88.7 cm³/mol. The minimum absolute atomic E-state index is 0.173. The van der Waals surface area contributed by atoms with Crippen molar-refractivity contribution in [3.63, 3.8) is 0 Å². The molecule has 4 aliphatic rings. The molecule has 4 saturated carbocycles. The van der Waals surface area contributed by atoms with E-state index in [0.717, 1.165) is 23.4 Å². The van der Waals surface area contributed by atoms with Crippen molar-refractivity contribution < 1.29 is 4.79 Å². The summed E-state index contributed by atoms with van der Waals surface area (Å²) in [5.74, 6) is 2.38. The summed E-state index contributed by atoms with van der Waals surface area (Å²) in [4.78, 5) is 15.9. The lowest BCUT2D eigenvalue weighted by Gasteiger charge is -2.56. The van der Waals surface area contributed by atoms with Crippen molar-refractivity contribution in [3.05, 3.63) is 23.4 Å². The average molecular weight is 327 g/mol. The molecule has 0 aromatic carbocycles. The molecule has 4 nitrogen and oxygen atoms in total. The van der Waals surface area contributed by atoms with E-state index in [9.17, 15) is 10.1 Å². The standard InChI is InChI=1S/C18H21N3OS/c19-9-14-1-2-15(21-17(14)23-10-16(20)22)18-6-11-3-12(7-18)5-13(4-11)8-18/h1-2,11-13H,3-8,10H2,(H2,20,22). The van der Waals surface area contributed by atoms with Crippen molar-refractivity contribution in [1.29, 1.82) is 5.26 Å². The number of rotatable bonds is 4. The van der Waals surface area contributed by atoms with Crippen LogP contribution in [0, 0.1) is 29.1 Å². The van der Waals surface area contributed by atoms with Gasteiger partial charge in [-0.05, 0) is 68.4 Å². The number of hydrogen-bond acceptors (Lipinski definition) is 4. The molecule has 4 aliphatic carbocycles. The highest BCUT2D eigenvalue weighted by molar-refractivity contribution is 7.99. The highest BCUT2D eigenvalue weighted by atomic mass is 32.2. The Hall–Kier alpha value is -1.54. The molecule has 5 rings (SSSR count). The summed E-state index contributed by atoms with van der Waals surface area (Å²) < 4.78 is 0. The van der Waals surface area contributed by atoms with Gasteiger partial charge in [-0.15, -0.1) is 0 Å². The van der Waals surface area contributed by atoms with E-state index in [2.05, 4.69) is 12.1 Å². The first-order valence-electron chi connectivity index (χ1n) is 8.41. The zero-order valence-corrected chi connectivity index (χ0v) is 13.9. The Labute approximate surface area is 140 Å². The Kier molecular flexibility index (Phi) is 3.60. The second kappa shape index (κ2) is 5.52. The minimum Gasteiger partial charge on any atom is -0.369 e. The highest BCUT2D eigenvalue weighted by Crippen LogP contribution is 2.60. The van der Waals surface area contributed by atoms with E-state index in [-0.39, 0.29) is 17.1 Å². The summed E-state index contributed by atoms with van der Waals surface area (Å²) >= 11 is 1.29. The Morgan fingerprint density at radius 1 is 1.26 bits per heavy atom. The fourth-order valence-corrected chi connectivity index (χ4v) is 6.21. The third-order valence-corrected chi connectivity index (χ3v) is 6.93. The summed E-state index contributed by atoms with van der Waals surface area (Å²) in [5, 5.41) is 9.96. The van der Waals surface area contributed by atoms with Crippen LogP contribution in [0.5, 0.6) is 0 Å². The van der Waals surface area contributed by atoms with Gasteiger partial charge < -0.3 is 5.73 Å². The van der Waals surface area contributed by atoms with Crippen LogP contribution in [0.2, 0.25) is 0 Å². The van der Waals surface area contributed by atoms with Crippen LogP contribution >= 0.6 is 11.8 Å². The maximum absolute atomic E-state index is 11.1. The van der Waals surface area contributed by atoms with E-state index < -0.39 is 0 Å². The molecule has 2 N–H and O–H groups in total. The van der Waals surface area contributed by atoms with Gasteiger partial charge in [0.15, 0.2) is 0 Å². The fourth-order valence-electron chi connectivity index (χ4n) is 5.49. The Morgan fingerprint density at radius 3 is 2.39 bits per heavy atom. The van der Waals surface area contributed by atoms with E-state index in [1.165, 1.54) is 50.3 Å². The van der Waals surface area contributed by atoms with Crippen molar-refractivity contribution in [3.8, 4) is 6.07 Å². The molecule has 0 atom stereocenters. The molecule has 4 bridgehead atoms. The predicted octanol–water partition coefficient (Wildman–Crippen LogP) is 3.00. The number of amides is 1. The minimum atomic E-state index is -0.374. The first kappa shape index (κ1) is 15.0. The number of carbonyl (C=O) groups is 1. The molecule has 1 aromatic heterocycles. The Balaban J connectivity index is 1.68. The second-order valence-corrected chi connectivity index (χ2v) is 8.58. The van der Waals surface area contributed by atoms with Crippen LogP contribution < -0.4 is 5.73 Å². The summed E-state index contributed by atoms with van der Waals surface area (Å²) in [6, 6.07) is 6.12. The van der Waals surface area contributed by atoms with Crippen molar-refractivity contribution in [2.24, 2.45) is 23.5 Å². The van der Waals surface area contributed by atoms with Gasteiger partial charge in [0.25, 0.3) is 0 Å². The van der Waals surface area contributed by atoms with Gasteiger partial charge in [0, 0.05) is 11.1 Å². The molecular formula is C18H21N3OS. The van der Waals surface area contributed by atoms with Crippen LogP contribution in [0.3, 0.4) is 0 Å². The van der Waals surface area contributed by atoms with Gasteiger partial charge in [0.2, 0.25) is 5.91 Å². The number of pyridine rings is 1. The van der Waals surface area contributed by atoms with Crippen LogP contribution in [-0.4, -0.2) is 16.6 Å². The van der Waals surface area contributed by atoms with E-state index in [4.69, 9.17) is 10.7 Å². The number of primary amides is 1. The van der Waals surface area contributed by atoms with Crippen molar-refractivity contribution in [2.75, 3.05) is 5.75 Å². The van der Waals surface area contributed by atoms with Crippen LogP contribution in [0.1, 0.15) is 49.8 Å². The number of thioether (sulfide) groups is 1. The zero-order chi connectivity index (χ0) is 16.0. The quantitative estimate of drug-likeness (QED) is 0.862. The van der Waals surface area contributed by atoms with Crippen molar-refractivity contribution >= 4 is 17.7 Å². The number of nitriles is 1.